The summed E-state index contributed by atoms with van der Waals surface area (Å²) in [5, 5.41) is 2.70. The van der Waals surface area contributed by atoms with Crippen LogP contribution in [-0.4, -0.2) is 19.0 Å². The standard InChI is InChI=1S/C13H18F2N2O/c1-2-5-17-13(18)10(8-16)6-9-7-11(14)3-4-12(9)15/h3-4,7,10H,2,5-6,8,16H2,1H3,(H,17,18). The normalized spacial score (nSPS) is 12.2. The molecule has 1 aromatic rings. The number of carbonyl (C=O) groups is 1. The molecule has 0 bridgehead atoms. The highest BCUT2D eigenvalue weighted by molar-refractivity contribution is 5.79. The Labute approximate surface area is 105 Å². The molecule has 1 unspecified atom stereocenters. The van der Waals surface area contributed by atoms with Gasteiger partial charge in [-0.3, -0.25) is 4.79 Å². The van der Waals surface area contributed by atoms with Gasteiger partial charge < -0.3 is 11.1 Å². The van der Waals surface area contributed by atoms with Gasteiger partial charge in [-0.05, 0) is 36.6 Å². The van der Waals surface area contributed by atoms with E-state index in [1.807, 2.05) is 6.92 Å². The first kappa shape index (κ1) is 14.6. The first-order valence-corrected chi connectivity index (χ1v) is 6.00. The average molecular weight is 256 g/mol. The highest BCUT2D eigenvalue weighted by Crippen LogP contribution is 2.14. The van der Waals surface area contributed by atoms with Crippen molar-refractivity contribution in [3.8, 4) is 0 Å². The first-order valence-electron chi connectivity index (χ1n) is 6.00. The van der Waals surface area contributed by atoms with Crippen LogP contribution < -0.4 is 11.1 Å². The molecule has 0 aliphatic rings. The zero-order chi connectivity index (χ0) is 13.5. The summed E-state index contributed by atoms with van der Waals surface area (Å²) >= 11 is 0. The third kappa shape index (κ3) is 4.07. The van der Waals surface area contributed by atoms with Crippen molar-refractivity contribution in [2.24, 2.45) is 11.7 Å². The van der Waals surface area contributed by atoms with Crippen molar-refractivity contribution in [2.75, 3.05) is 13.1 Å². The maximum atomic E-state index is 13.4. The van der Waals surface area contributed by atoms with Crippen LogP contribution in [0.25, 0.3) is 0 Å². The summed E-state index contributed by atoms with van der Waals surface area (Å²) in [6, 6.07) is 3.21. The second-order valence-electron chi connectivity index (χ2n) is 4.16. The fourth-order valence-electron chi connectivity index (χ4n) is 1.64. The summed E-state index contributed by atoms with van der Waals surface area (Å²) in [5.41, 5.74) is 5.68. The van der Waals surface area contributed by atoms with Crippen LogP contribution in [0.1, 0.15) is 18.9 Å². The molecule has 0 saturated carbocycles. The van der Waals surface area contributed by atoms with E-state index in [-0.39, 0.29) is 24.4 Å². The molecule has 0 aliphatic carbocycles. The van der Waals surface area contributed by atoms with E-state index < -0.39 is 17.6 Å². The van der Waals surface area contributed by atoms with Gasteiger partial charge in [0.05, 0.1) is 5.92 Å². The van der Waals surface area contributed by atoms with Gasteiger partial charge in [-0.25, -0.2) is 8.78 Å². The van der Waals surface area contributed by atoms with Crippen LogP contribution in [0, 0.1) is 17.6 Å². The second kappa shape index (κ2) is 7.06. The quantitative estimate of drug-likeness (QED) is 0.812. The summed E-state index contributed by atoms with van der Waals surface area (Å²) in [5.74, 6) is -1.79. The molecule has 0 aromatic heterocycles. The maximum absolute atomic E-state index is 13.4. The van der Waals surface area contributed by atoms with Gasteiger partial charge in [-0.15, -0.1) is 0 Å². The van der Waals surface area contributed by atoms with E-state index >= 15 is 0 Å². The van der Waals surface area contributed by atoms with Crippen molar-refractivity contribution in [3.05, 3.63) is 35.4 Å². The SMILES string of the molecule is CCCNC(=O)C(CN)Cc1cc(F)ccc1F. The van der Waals surface area contributed by atoms with E-state index in [1.54, 1.807) is 0 Å². The lowest BCUT2D eigenvalue weighted by molar-refractivity contribution is -0.124. The minimum absolute atomic E-state index is 0.103. The van der Waals surface area contributed by atoms with E-state index in [0.717, 1.165) is 24.6 Å². The number of halogens is 2. The maximum Gasteiger partial charge on any atom is 0.224 e. The smallest absolute Gasteiger partial charge is 0.224 e. The monoisotopic (exact) mass is 256 g/mol. The fourth-order valence-corrected chi connectivity index (χ4v) is 1.64. The molecule has 3 nitrogen and oxygen atoms in total. The van der Waals surface area contributed by atoms with Crippen molar-refractivity contribution in [1.82, 2.24) is 5.32 Å². The lowest BCUT2D eigenvalue weighted by atomic mass is 9.98. The lowest BCUT2D eigenvalue weighted by Gasteiger charge is -2.15. The van der Waals surface area contributed by atoms with E-state index in [0.29, 0.717) is 6.54 Å². The number of benzene rings is 1. The van der Waals surface area contributed by atoms with Gasteiger partial charge in [-0.2, -0.15) is 0 Å². The van der Waals surface area contributed by atoms with Gasteiger partial charge in [0.1, 0.15) is 11.6 Å². The Kier molecular flexibility index (Phi) is 5.71. The van der Waals surface area contributed by atoms with E-state index in [2.05, 4.69) is 5.32 Å². The lowest BCUT2D eigenvalue weighted by Crippen LogP contribution is -2.36. The molecular weight excluding hydrogens is 238 g/mol. The number of hydrogen-bond acceptors (Lipinski definition) is 2. The summed E-state index contributed by atoms with van der Waals surface area (Å²) in [4.78, 5) is 11.7. The molecule has 5 heteroatoms. The zero-order valence-electron chi connectivity index (χ0n) is 10.4. The summed E-state index contributed by atoms with van der Waals surface area (Å²) in [7, 11) is 0. The van der Waals surface area contributed by atoms with Crippen molar-refractivity contribution >= 4 is 5.91 Å². The van der Waals surface area contributed by atoms with Crippen molar-refractivity contribution in [3.63, 3.8) is 0 Å². The molecular formula is C13H18F2N2O. The predicted molar refractivity (Wildman–Crippen MR) is 65.9 cm³/mol. The molecule has 0 aliphatic heterocycles. The second-order valence-corrected chi connectivity index (χ2v) is 4.16. The first-order chi connectivity index (χ1) is 8.58. The van der Waals surface area contributed by atoms with Gasteiger partial charge in [-0.1, -0.05) is 6.92 Å². The summed E-state index contributed by atoms with van der Waals surface area (Å²) in [6.45, 7) is 2.59. The number of carbonyl (C=O) groups excluding carboxylic acids is 1. The molecule has 3 N–H and O–H groups in total. The number of nitrogens with two attached hydrogens (primary N) is 1. The number of nitrogens with one attached hydrogen (secondary N) is 1. The molecule has 0 heterocycles. The predicted octanol–water partition coefficient (Wildman–Crippen LogP) is 1.61. The van der Waals surface area contributed by atoms with E-state index in [4.69, 9.17) is 5.73 Å². The summed E-state index contributed by atoms with van der Waals surface area (Å²) in [6.07, 6.45) is 0.924. The Balaban J connectivity index is 2.73. The number of rotatable bonds is 6. The highest BCUT2D eigenvalue weighted by atomic mass is 19.1. The van der Waals surface area contributed by atoms with Gasteiger partial charge in [0.2, 0.25) is 5.91 Å². The average Bonchev–Trinajstić information content (AvgIpc) is 2.36. The Bertz CT molecular complexity index is 410. The molecule has 1 amide bonds. The summed E-state index contributed by atoms with van der Waals surface area (Å²) < 4.78 is 26.4. The van der Waals surface area contributed by atoms with Gasteiger partial charge in [0, 0.05) is 13.1 Å². The van der Waals surface area contributed by atoms with E-state index in [1.165, 1.54) is 0 Å². The third-order valence-electron chi connectivity index (χ3n) is 2.68. The van der Waals surface area contributed by atoms with Crippen LogP contribution in [-0.2, 0) is 11.2 Å². The van der Waals surface area contributed by atoms with Gasteiger partial charge in [0.25, 0.3) is 0 Å². The highest BCUT2D eigenvalue weighted by Gasteiger charge is 2.18. The zero-order valence-corrected chi connectivity index (χ0v) is 10.4. The van der Waals surface area contributed by atoms with Crippen molar-refractivity contribution in [2.45, 2.75) is 19.8 Å². The van der Waals surface area contributed by atoms with Crippen LogP contribution in [0.3, 0.4) is 0 Å². The molecule has 1 aromatic carbocycles. The van der Waals surface area contributed by atoms with Crippen molar-refractivity contribution < 1.29 is 13.6 Å². The van der Waals surface area contributed by atoms with Crippen LogP contribution in [0.4, 0.5) is 8.78 Å². The molecule has 1 atom stereocenters. The molecule has 100 valence electrons. The Morgan fingerprint density at radius 1 is 1.44 bits per heavy atom. The topological polar surface area (TPSA) is 55.1 Å². The molecule has 0 fully saturated rings. The molecule has 0 spiro atoms. The van der Waals surface area contributed by atoms with E-state index in [9.17, 15) is 13.6 Å². The van der Waals surface area contributed by atoms with Crippen LogP contribution >= 0.6 is 0 Å². The number of hydrogen-bond donors (Lipinski definition) is 2. The van der Waals surface area contributed by atoms with Crippen LogP contribution in [0.15, 0.2) is 18.2 Å². The van der Waals surface area contributed by atoms with Crippen LogP contribution in [0.5, 0.6) is 0 Å². The Morgan fingerprint density at radius 3 is 2.78 bits per heavy atom. The van der Waals surface area contributed by atoms with Gasteiger partial charge >= 0.3 is 0 Å². The fraction of sp³-hybridized carbons (Fsp3) is 0.462. The molecule has 18 heavy (non-hydrogen) atoms. The minimum Gasteiger partial charge on any atom is -0.356 e. The molecule has 0 radical (unpaired) electrons. The number of amides is 1. The van der Waals surface area contributed by atoms with Crippen molar-refractivity contribution in [1.29, 1.82) is 0 Å². The minimum atomic E-state index is -0.534. The molecule has 0 saturated heterocycles. The third-order valence-corrected chi connectivity index (χ3v) is 2.68. The Hall–Kier alpha value is -1.49. The van der Waals surface area contributed by atoms with Gasteiger partial charge in [0.15, 0.2) is 0 Å². The van der Waals surface area contributed by atoms with Crippen LogP contribution in [0.2, 0.25) is 0 Å². The largest absolute Gasteiger partial charge is 0.356 e. The Morgan fingerprint density at radius 2 is 2.17 bits per heavy atom. The molecule has 1 rings (SSSR count).